The van der Waals surface area contributed by atoms with Gasteiger partial charge in [-0.1, -0.05) is 135 Å². The van der Waals surface area contributed by atoms with Crippen LogP contribution in [-0.2, 0) is 23.1 Å². The Bertz CT molecular complexity index is 616. The number of ether oxygens (including phenoxy) is 2. The fraction of sp³-hybridized carbons (Fsp3) is 1.00. The minimum absolute atomic E-state index is 0.0688. The van der Waals surface area contributed by atoms with Crippen molar-refractivity contribution in [3.63, 3.8) is 0 Å². The first-order valence-corrected chi connectivity index (χ1v) is 19.8. The molecule has 0 bridgehead atoms. The molecule has 0 amide bonds. The highest BCUT2D eigenvalue weighted by Crippen LogP contribution is 2.43. The summed E-state index contributed by atoms with van der Waals surface area (Å²) in [5.74, 6) is 0. The third-order valence-corrected chi connectivity index (χ3v) is 9.17. The zero-order valence-corrected chi connectivity index (χ0v) is 30.4. The van der Waals surface area contributed by atoms with Crippen LogP contribution in [-0.4, -0.2) is 70.3 Å². The largest absolute Gasteiger partial charge is 0.472 e. The lowest BCUT2D eigenvalue weighted by atomic mass is 10.0. The third kappa shape index (κ3) is 34.7. The Morgan fingerprint density at radius 3 is 1.35 bits per heavy atom. The first-order valence-electron chi connectivity index (χ1n) is 18.3. The smallest absolute Gasteiger partial charge is 0.356 e. The molecule has 0 radical (unpaired) electrons. The van der Waals surface area contributed by atoms with Gasteiger partial charge < -0.3 is 18.9 Å². The van der Waals surface area contributed by atoms with Crippen LogP contribution in [0.3, 0.4) is 0 Å². The summed E-state index contributed by atoms with van der Waals surface area (Å²) in [4.78, 5) is 9.94. The van der Waals surface area contributed by atoms with Crippen molar-refractivity contribution < 1.29 is 32.5 Å². The molecule has 7 nitrogen and oxygen atoms in total. The van der Waals surface area contributed by atoms with Gasteiger partial charge in [-0.15, -0.1) is 0 Å². The van der Waals surface area contributed by atoms with Crippen molar-refractivity contribution >= 4 is 7.82 Å². The van der Waals surface area contributed by atoms with Crippen LogP contribution in [0, 0.1) is 0 Å². The molecule has 0 aromatic carbocycles. The Morgan fingerprint density at radius 2 is 0.930 bits per heavy atom. The van der Waals surface area contributed by atoms with E-state index in [1.165, 1.54) is 135 Å². The normalized spacial score (nSPS) is 14.3. The average Bonchev–Trinajstić information content (AvgIpc) is 2.95. The van der Waals surface area contributed by atoms with Gasteiger partial charge in [0.05, 0.1) is 40.9 Å². The topological polar surface area (TPSA) is 74.2 Å². The highest BCUT2D eigenvalue weighted by molar-refractivity contribution is 7.47. The van der Waals surface area contributed by atoms with Crippen molar-refractivity contribution in [3.05, 3.63) is 0 Å². The predicted octanol–water partition coefficient (Wildman–Crippen LogP) is 10.6. The fourth-order valence-electron chi connectivity index (χ4n) is 5.36. The summed E-state index contributed by atoms with van der Waals surface area (Å²) in [7, 11) is 4.30. The Balaban J connectivity index is 3.52. The predicted molar refractivity (Wildman–Crippen MR) is 182 cm³/mol. The second-order valence-electron chi connectivity index (χ2n) is 13.6. The second-order valence-corrected chi connectivity index (χ2v) is 15.1. The first kappa shape index (κ1) is 43.0. The summed E-state index contributed by atoms with van der Waals surface area (Å²) in [5.41, 5.74) is 0. The van der Waals surface area contributed by atoms with Crippen molar-refractivity contribution in [2.24, 2.45) is 0 Å². The molecule has 260 valence electrons. The first-order chi connectivity index (χ1) is 20.7. The van der Waals surface area contributed by atoms with Gasteiger partial charge >= 0.3 is 7.82 Å². The van der Waals surface area contributed by atoms with E-state index in [9.17, 15) is 9.46 Å². The van der Waals surface area contributed by atoms with E-state index in [1.807, 2.05) is 0 Å². The number of hydrogen-bond acceptors (Lipinski definition) is 5. The number of nitrogens with zero attached hydrogens (tertiary/aromatic N) is 1. The van der Waals surface area contributed by atoms with Gasteiger partial charge in [-0.3, -0.25) is 9.05 Å². The van der Waals surface area contributed by atoms with Crippen LogP contribution in [0.5, 0.6) is 0 Å². The minimum Gasteiger partial charge on any atom is -0.356 e. The molecule has 0 aliphatic carbocycles. The molecule has 1 N–H and O–H groups in total. The standard InChI is InChI=1S/C35H74NO6P/c1-6-7-8-9-10-11-12-13-14-15-16-17-19-22-25-28-32-40-35(39-5)30-34-42-43(37,38)41-33-29-26-23-20-18-21-24-27-31-36(2,3)4/h35H,6-34H2,1-5H3/p+1. The van der Waals surface area contributed by atoms with Crippen LogP contribution >= 0.6 is 7.82 Å². The summed E-state index contributed by atoms with van der Waals surface area (Å²) in [6, 6.07) is 0. The minimum atomic E-state index is -4.02. The molecule has 2 unspecified atom stereocenters. The van der Waals surface area contributed by atoms with Crippen molar-refractivity contribution in [2.75, 3.05) is 54.6 Å². The van der Waals surface area contributed by atoms with Crippen LogP contribution < -0.4 is 0 Å². The molecule has 0 aromatic rings. The molecule has 0 heterocycles. The molecule has 0 fully saturated rings. The van der Waals surface area contributed by atoms with Gasteiger partial charge in [-0.05, 0) is 25.7 Å². The Labute approximate surface area is 268 Å². The quantitative estimate of drug-likeness (QED) is 0.0323. The summed E-state index contributed by atoms with van der Waals surface area (Å²) >= 11 is 0. The summed E-state index contributed by atoms with van der Waals surface area (Å²) in [6.07, 6.45) is 30.8. The number of quaternary nitrogens is 1. The van der Waals surface area contributed by atoms with Gasteiger partial charge in [0.25, 0.3) is 0 Å². The average molecular weight is 637 g/mol. The molecule has 0 saturated heterocycles. The van der Waals surface area contributed by atoms with E-state index in [-0.39, 0.29) is 13.2 Å². The van der Waals surface area contributed by atoms with Crippen LogP contribution in [0.2, 0.25) is 0 Å². The van der Waals surface area contributed by atoms with Gasteiger partial charge in [0.2, 0.25) is 0 Å². The van der Waals surface area contributed by atoms with Gasteiger partial charge in [-0.25, -0.2) is 4.57 Å². The molecule has 2 atom stereocenters. The molecule has 0 aliphatic heterocycles. The monoisotopic (exact) mass is 637 g/mol. The van der Waals surface area contributed by atoms with Crippen molar-refractivity contribution in [1.82, 2.24) is 0 Å². The van der Waals surface area contributed by atoms with Crippen LogP contribution in [0.1, 0.15) is 167 Å². The van der Waals surface area contributed by atoms with Crippen LogP contribution in [0.4, 0.5) is 0 Å². The number of methoxy groups -OCH3 is 1. The Kier molecular flexibility index (Phi) is 30.6. The lowest BCUT2D eigenvalue weighted by Gasteiger charge is -2.23. The molecular weight excluding hydrogens is 561 g/mol. The molecular formula is C35H75NO6P+. The molecule has 43 heavy (non-hydrogen) atoms. The maximum atomic E-state index is 12.1. The van der Waals surface area contributed by atoms with Crippen LogP contribution in [0.25, 0.3) is 0 Å². The maximum Gasteiger partial charge on any atom is 0.472 e. The van der Waals surface area contributed by atoms with E-state index in [2.05, 4.69) is 28.1 Å². The van der Waals surface area contributed by atoms with Gasteiger partial charge in [0, 0.05) is 20.1 Å². The van der Waals surface area contributed by atoms with E-state index in [1.54, 1.807) is 7.11 Å². The summed E-state index contributed by atoms with van der Waals surface area (Å²) in [6.45, 7) is 4.47. The maximum absolute atomic E-state index is 12.1. The second kappa shape index (κ2) is 30.6. The Hall–Kier alpha value is -0.0100. The van der Waals surface area contributed by atoms with E-state index in [4.69, 9.17) is 18.5 Å². The van der Waals surface area contributed by atoms with Crippen molar-refractivity contribution in [2.45, 2.75) is 174 Å². The van der Waals surface area contributed by atoms with Gasteiger partial charge in [0.1, 0.15) is 0 Å². The summed E-state index contributed by atoms with van der Waals surface area (Å²) < 4.78 is 34.6. The zero-order valence-electron chi connectivity index (χ0n) is 29.5. The number of rotatable bonds is 35. The highest BCUT2D eigenvalue weighted by Gasteiger charge is 2.21. The molecule has 0 saturated carbocycles. The van der Waals surface area contributed by atoms with E-state index in [0.29, 0.717) is 13.0 Å². The molecule has 8 heteroatoms. The third-order valence-electron chi connectivity index (χ3n) is 8.15. The van der Waals surface area contributed by atoms with E-state index >= 15 is 0 Å². The molecule has 0 rings (SSSR count). The number of hydrogen-bond donors (Lipinski definition) is 1. The van der Waals surface area contributed by atoms with E-state index < -0.39 is 14.1 Å². The van der Waals surface area contributed by atoms with Gasteiger partial charge in [-0.2, -0.15) is 0 Å². The molecule has 0 spiro atoms. The van der Waals surface area contributed by atoms with Crippen molar-refractivity contribution in [1.29, 1.82) is 0 Å². The van der Waals surface area contributed by atoms with Gasteiger partial charge in [0.15, 0.2) is 6.29 Å². The number of phosphoric ester groups is 1. The van der Waals surface area contributed by atoms with E-state index in [0.717, 1.165) is 30.2 Å². The highest BCUT2D eigenvalue weighted by atomic mass is 31.2. The van der Waals surface area contributed by atoms with Crippen LogP contribution in [0.15, 0.2) is 0 Å². The lowest BCUT2D eigenvalue weighted by Crippen LogP contribution is -2.35. The zero-order chi connectivity index (χ0) is 31.9. The molecule has 0 aliphatic rings. The number of unbranched alkanes of at least 4 members (excludes halogenated alkanes) is 22. The number of phosphoric acid groups is 1. The SMILES string of the molecule is CCCCCCCCCCCCCCCCCCOC(CCOP(=O)(O)OCCCCCCCCCC[N+](C)(C)C)OC. The molecule has 0 aromatic heterocycles. The summed E-state index contributed by atoms with van der Waals surface area (Å²) in [5, 5.41) is 0. The fourth-order valence-corrected chi connectivity index (χ4v) is 6.13. The lowest BCUT2D eigenvalue weighted by molar-refractivity contribution is -0.870. The van der Waals surface area contributed by atoms with Crippen molar-refractivity contribution in [3.8, 4) is 0 Å². The Morgan fingerprint density at radius 1 is 0.558 bits per heavy atom.